The maximum Gasteiger partial charge on any atom is 0.305 e. The second kappa shape index (κ2) is 14.5. The number of carbonyl (C=O) groups excluding carboxylic acids is 1. The maximum atomic E-state index is 15.7. The van der Waals surface area contributed by atoms with E-state index < -0.39 is 36.2 Å². The maximum absolute atomic E-state index is 15.7. The second-order valence-electron chi connectivity index (χ2n) is 11.9. The van der Waals surface area contributed by atoms with E-state index in [1.54, 1.807) is 31.3 Å². The molecule has 0 aliphatic carbocycles. The van der Waals surface area contributed by atoms with Crippen LogP contribution in [0.4, 0.5) is 4.39 Å². The van der Waals surface area contributed by atoms with E-state index >= 15 is 4.39 Å². The van der Waals surface area contributed by atoms with Crippen LogP contribution in [0.25, 0.3) is 11.1 Å². The average Bonchev–Trinajstić information content (AvgIpc) is 2.87. The largest absolute Gasteiger partial charge is 0.481 e. The van der Waals surface area contributed by atoms with E-state index in [0.29, 0.717) is 34.0 Å². The molecule has 0 fully saturated rings. The van der Waals surface area contributed by atoms with Crippen molar-refractivity contribution in [3.8, 4) is 11.1 Å². The first-order valence-corrected chi connectivity index (χ1v) is 15.0. The van der Waals surface area contributed by atoms with Gasteiger partial charge in [-0.05, 0) is 106 Å². The molecule has 232 valence electrons. The van der Waals surface area contributed by atoms with Gasteiger partial charge in [0.2, 0.25) is 5.91 Å². The van der Waals surface area contributed by atoms with E-state index in [1.807, 2.05) is 46.7 Å². The number of halogens is 3. The number of nitrogens with zero attached hydrogens (tertiary/aromatic N) is 2. The Morgan fingerprint density at radius 1 is 1.02 bits per heavy atom. The Morgan fingerprint density at radius 3 is 2.21 bits per heavy atom. The minimum atomic E-state index is -1.23. The summed E-state index contributed by atoms with van der Waals surface area (Å²) < 4.78 is 17.1. The Labute approximate surface area is 262 Å². The smallest absolute Gasteiger partial charge is 0.305 e. The van der Waals surface area contributed by atoms with Crippen LogP contribution in [0.15, 0.2) is 41.3 Å². The molecule has 0 saturated carbocycles. The van der Waals surface area contributed by atoms with Gasteiger partial charge in [0.25, 0.3) is 5.56 Å². The van der Waals surface area contributed by atoms with Crippen LogP contribution in [0.1, 0.15) is 66.6 Å². The first-order valence-electron chi connectivity index (χ1n) is 14.2. The highest BCUT2D eigenvalue weighted by atomic mass is 35.5. The first kappa shape index (κ1) is 34.3. The van der Waals surface area contributed by atoms with Crippen LogP contribution >= 0.6 is 23.2 Å². The fourth-order valence-corrected chi connectivity index (χ4v) is 5.99. The topological polar surface area (TPSA) is 91.6 Å². The lowest BCUT2D eigenvalue weighted by molar-refractivity contribution is -0.138. The summed E-state index contributed by atoms with van der Waals surface area (Å²) in [6.45, 7) is 9.89. The van der Waals surface area contributed by atoms with Crippen LogP contribution in [0.2, 0.25) is 10.0 Å². The summed E-state index contributed by atoms with van der Waals surface area (Å²) in [6, 6.07) is 5.89. The summed E-state index contributed by atoms with van der Waals surface area (Å²) in [5.41, 5.74) is 3.47. The number of carbonyl (C=O) groups is 2. The molecule has 1 unspecified atom stereocenters. The number of amides is 1. The zero-order valence-corrected chi connectivity index (χ0v) is 27.2. The summed E-state index contributed by atoms with van der Waals surface area (Å²) >= 11 is 13.0. The van der Waals surface area contributed by atoms with Gasteiger partial charge in [0.05, 0.1) is 22.5 Å². The van der Waals surface area contributed by atoms with Crippen molar-refractivity contribution >= 4 is 35.1 Å². The molecule has 0 spiro atoms. The number of rotatable bonds is 12. The lowest BCUT2D eigenvalue weighted by Crippen LogP contribution is -2.40. The molecule has 7 nitrogen and oxygen atoms in total. The van der Waals surface area contributed by atoms with E-state index in [2.05, 4.69) is 5.32 Å². The molecule has 2 atom stereocenters. The van der Waals surface area contributed by atoms with Gasteiger partial charge in [-0.15, -0.1) is 0 Å². The zero-order valence-electron chi connectivity index (χ0n) is 25.7. The van der Waals surface area contributed by atoms with Gasteiger partial charge in [-0.25, -0.2) is 4.39 Å². The predicted molar refractivity (Wildman–Crippen MR) is 171 cm³/mol. The molecule has 0 bridgehead atoms. The van der Waals surface area contributed by atoms with Gasteiger partial charge in [0, 0.05) is 29.9 Å². The van der Waals surface area contributed by atoms with Gasteiger partial charge in [-0.1, -0.05) is 37.0 Å². The van der Waals surface area contributed by atoms with Gasteiger partial charge < -0.3 is 19.9 Å². The Bertz CT molecular complexity index is 1550. The van der Waals surface area contributed by atoms with Crippen LogP contribution in [0, 0.1) is 32.5 Å². The summed E-state index contributed by atoms with van der Waals surface area (Å²) in [5, 5.41) is 13.3. The Morgan fingerprint density at radius 2 is 1.65 bits per heavy atom. The van der Waals surface area contributed by atoms with Crippen molar-refractivity contribution in [3.63, 3.8) is 0 Å². The molecular formula is C33H40Cl2FN3O4. The number of carboxylic acid groups (broad SMARTS) is 1. The highest BCUT2D eigenvalue weighted by molar-refractivity contribution is 6.39. The van der Waals surface area contributed by atoms with Crippen LogP contribution in [-0.2, 0) is 16.0 Å². The predicted octanol–water partition coefficient (Wildman–Crippen LogP) is 6.91. The molecule has 10 heteroatoms. The highest BCUT2D eigenvalue weighted by Crippen LogP contribution is 2.38. The Balaban J connectivity index is 2.10. The fraction of sp³-hybridized carbons (Fsp3) is 0.424. The zero-order chi connectivity index (χ0) is 32.2. The number of hydrogen-bond acceptors (Lipinski definition) is 4. The number of benzene rings is 2. The number of carboxylic acids is 1. The van der Waals surface area contributed by atoms with Crippen molar-refractivity contribution in [2.75, 3.05) is 20.6 Å². The first-order chi connectivity index (χ1) is 20.1. The SMILES string of the molecule is Cc1cc(Cl)c(-c2cc(C)c(F)c([C@H](CC(=O)O)NC(=O)C(CC(C)C)n3cc(CCN(C)C)c(C)cc3=O)c2)c(Cl)c1. The molecule has 3 aromatic rings. The number of aliphatic carboxylic acids is 1. The number of aryl methyl sites for hydroxylation is 3. The van der Waals surface area contributed by atoms with E-state index in [1.165, 1.54) is 16.7 Å². The van der Waals surface area contributed by atoms with E-state index in [-0.39, 0.29) is 22.6 Å². The summed E-state index contributed by atoms with van der Waals surface area (Å²) in [6.07, 6.45) is 2.13. The number of likely N-dealkylation sites (N-methyl/N-ethyl adjacent to an activating group) is 1. The van der Waals surface area contributed by atoms with Crippen molar-refractivity contribution in [3.05, 3.63) is 90.6 Å². The standard InChI is InChI=1S/C33H40Cl2FN3O4/c1-18(2)10-28(39-17-22(8-9-38(6)7)20(4)14-29(39)40)33(43)37-27(16-30(41)42)24-15-23(13-21(5)32(24)36)31-25(34)11-19(3)12-26(31)35/h11-15,17-18,27-28H,8-10,16H2,1-7H3,(H,37,43)(H,41,42)/t27-,28?/m0/s1. The third-order valence-electron chi connectivity index (χ3n) is 7.39. The van der Waals surface area contributed by atoms with Crippen molar-refractivity contribution in [2.24, 2.45) is 5.92 Å². The molecule has 0 aliphatic rings. The van der Waals surface area contributed by atoms with E-state index in [0.717, 1.165) is 23.2 Å². The number of nitrogens with one attached hydrogen (secondary N) is 1. The van der Waals surface area contributed by atoms with Gasteiger partial charge in [-0.2, -0.15) is 0 Å². The molecule has 43 heavy (non-hydrogen) atoms. The summed E-state index contributed by atoms with van der Waals surface area (Å²) in [5.74, 6) is -2.41. The monoisotopic (exact) mass is 631 g/mol. The molecule has 0 aliphatic heterocycles. The second-order valence-corrected chi connectivity index (χ2v) is 12.7. The van der Waals surface area contributed by atoms with Crippen LogP contribution in [-0.4, -0.2) is 47.1 Å². The van der Waals surface area contributed by atoms with Crippen LogP contribution in [0.5, 0.6) is 0 Å². The number of aromatic nitrogens is 1. The van der Waals surface area contributed by atoms with E-state index in [9.17, 15) is 19.5 Å². The molecular weight excluding hydrogens is 592 g/mol. The fourth-order valence-electron chi connectivity index (χ4n) is 5.18. The number of pyridine rings is 1. The Hall–Kier alpha value is -3.20. The highest BCUT2D eigenvalue weighted by Gasteiger charge is 2.29. The minimum absolute atomic E-state index is 0.00956. The van der Waals surface area contributed by atoms with Crippen molar-refractivity contribution in [1.29, 1.82) is 0 Å². The molecule has 3 rings (SSSR count). The summed E-state index contributed by atoms with van der Waals surface area (Å²) in [7, 11) is 3.92. The van der Waals surface area contributed by atoms with Crippen molar-refractivity contribution in [1.82, 2.24) is 14.8 Å². The van der Waals surface area contributed by atoms with Gasteiger partial charge in [-0.3, -0.25) is 14.4 Å². The minimum Gasteiger partial charge on any atom is -0.481 e. The van der Waals surface area contributed by atoms with Crippen molar-refractivity contribution in [2.45, 2.75) is 66.0 Å². The lowest BCUT2D eigenvalue weighted by Gasteiger charge is -2.26. The third-order valence-corrected chi connectivity index (χ3v) is 7.98. The van der Waals surface area contributed by atoms with Gasteiger partial charge in [0.1, 0.15) is 11.9 Å². The molecule has 1 amide bonds. The average molecular weight is 633 g/mol. The quantitative estimate of drug-likeness (QED) is 0.227. The molecule has 2 N–H and O–H groups in total. The summed E-state index contributed by atoms with van der Waals surface area (Å²) in [4.78, 5) is 41.1. The van der Waals surface area contributed by atoms with Crippen LogP contribution in [0.3, 0.4) is 0 Å². The Kier molecular flexibility index (Phi) is 11.6. The molecule has 1 heterocycles. The third kappa shape index (κ3) is 8.68. The van der Waals surface area contributed by atoms with Crippen LogP contribution < -0.4 is 10.9 Å². The van der Waals surface area contributed by atoms with Crippen molar-refractivity contribution < 1.29 is 19.1 Å². The lowest BCUT2D eigenvalue weighted by atomic mass is 9.93. The molecule has 2 aromatic carbocycles. The molecule has 1 aromatic heterocycles. The van der Waals surface area contributed by atoms with Gasteiger partial charge in [0.15, 0.2) is 0 Å². The molecule has 0 saturated heterocycles. The normalized spacial score (nSPS) is 12.9. The number of hydrogen-bond donors (Lipinski definition) is 2. The van der Waals surface area contributed by atoms with E-state index in [4.69, 9.17) is 23.2 Å². The molecule has 0 radical (unpaired) electrons. The van der Waals surface area contributed by atoms with Gasteiger partial charge >= 0.3 is 5.97 Å².